The molecule has 0 aromatic heterocycles. The highest BCUT2D eigenvalue weighted by molar-refractivity contribution is 5.93. The van der Waals surface area contributed by atoms with Gasteiger partial charge in [0.2, 0.25) is 0 Å². The minimum absolute atomic E-state index is 0.000575. The van der Waals surface area contributed by atoms with Crippen molar-refractivity contribution in [1.29, 1.82) is 0 Å². The monoisotopic (exact) mass is 463 g/mol. The van der Waals surface area contributed by atoms with Gasteiger partial charge >= 0.3 is 11.9 Å². The first-order valence-corrected chi connectivity index (χ1v) is 11.1. The van der Waals surface area contributed by atoms with Crippen LogP contribution in [0.3, 0.4) is 0 Å². The molecular weight excluding hydrogens is 434 g/mol. The second-order valence-electron chi connectivity index (χ2n) is 7.96. The summed E-state index contributed by atoms with van der Waals surface area (Å²) in [5, 5.41) is 11.6. The van der Waals surface area contributed by atoms with Crippen LogP contribution in [0.1, 0.15) is 37.0 Å². The van der Waals surface area contributed by atoms with Crippen LogP contribution in [0.25, 0.3) is 0 Å². The highest BCUT2D eigenvalue weighted by Gasteiger charge is 2.32. The van der Waals surface area contributed by atoms with Gasteiger partial charge in [-0.1, -0.05) is 0 Å². The number of piperidine rings is 1. The number of morpholine rings is 1. The molecule has 180 valence electrons. The topological polar surface area (TPSA) is 129 Å². The Morgan fingerprint density at radius 3 is 2.45 bits per heavy atom. The summed E-state index contributed by atoms with van der Waals surface area (Å²) >= 11 is 0. The highest BCUT2D eigenvalue weighted by atomic mass is 16.6. The number of nitro groups is 1. The number of nitrogens with zero attached hydrogens (tertiary/aromatic N) is 3. The van der Waals surface area contributed by atoms with Crippen molar-refractivity contribution in [3.8, 4) is 0 Å². The van der Waals surface area contributed by atoms with Crippen LogP contribution >= 0.6 is 0 Å². The van der Waals surface area contributed by atoms with Gasteiger partial charge in [0.15, 0.2) is 6.10 Å². The number of benzene rings is 1. The summed E-state index contributed by atoms with van der Waals surface area (Å²) in [6.07, 6.45) is -0.0874. The van der Waals surface area contributed by atoms with Gasteiger partial charge in [0.05, 0.1) is 36.2 Å². The number of hydrogen-bond acceptors (Lipinski definition) is 9. The summed E-state index contributed by atoms with van der Waals surface area (Å²) in [4.78, 5) is 51.6. The smallest absolute Gasteiger partial charge is 0.339 e. The fraction of sp³-hybridized carbons (Fsp3) is 0.591. The Morgan fingerprint density at radius 2 is 1.85 bits per heavy atom. The second-order valence-corrected chi connectivity index (χ2v) is 7.96. The third kappa shape index (κ3) is 5.98. The van der Waals surface area contributed by atoms with Crippen LogP contribution in [0.2, 0.25) is 0 Å². The molecule has 2 aliphatic rings. The van der Waals surface area contributed by atoms with Crippen LogP contribution in [0.5, 0.6) is 0 Å². The summed E-state index contributed by atoms with van der Waals surface area (Å²) in [6, 6.07) is 4.16. The number of carbonyl (C=O) groups is 3. The molecule has 1 atom stereocenters. The molecular formula is C22H29N3O8. The van der Waals surface area contributed by atoms with E-state index in [1.807, 2.05) is 4.90 Å². The SMILES string of the molecule is CCOC(=O)C1CCN(C(=O)C(C)OC(=O)c2ccc(N3CCOCC3)c([N+](=O)[O-])c2)CC1. The highest BCUT2D eigenvalue weighted by Crippen LogP contribution is 2.30. The van der Waals surface area contributed by atoms with Crippen LogP contribution in [0.15, 0.2) is 18.2 Å². The van der Waals surface area contributed by atoms with Crippen LogP contribution < -0.4 is 4.90 Å². The fourth-order valence-corrected chi connectivity index (χ4v) is 4.00. The maximum absolute atomic E-state index is 12.7. The molecule has 0 radical (unpaired) electrons. The lowest BCUT2D eigenvalue weighted by atomic mass is 9.97. The van der Waals surface area contributed by atoms with Crippen molar-refractivity contribution in [2.75, 3.05) is 50.9 Å². The Bertz CT molecular complexity index is 892. The number of likely N-dealkylation sites (tertiary alicyclic amines) is 1. The summed E-state index contributed by atoms with van der Waals surface area (Å²) in [7, 11) is 0. The molecule has 0 N–H and O–H groups in total. The lowest BCUT2D eigenvalue weighted by Gasteiger charge is -2.32. The molecule has 0 spiro atoms. The zero-order chi connectivity index (χ0) is 24.0. The summed E-state index contributed by atoms with van der Waals surface area (Å²) < 4.78 is 15.6. The number of nitro benzene ring substituents is 1. The van der Waals surface area contributed by atoms with E-state index >= 15 is 0 Å². The lowest BCUT2D eigenvalue weighted by Crippen LogP contribution is -2.45. The molecule has 2 saturated heterocycles. The van der Waals surface area contributed by atoms with Gasteiger partial charge in [-0.2, -0.15) is 0 Å². The van der Waals surface area contributed by atoms with Crippen molar-refractivity contribution >= 4 is 29.2 Å². The van der Waals surface area contributed by atoms with E-state index in [0.717, 1.165) is 0 Å². The second kappa shape index (κ2) is 11.1. The molecule has 2 fully saturated rings. The van der Waals surface area contributed by atoms with Gasteiger partial charge in [0, 0.05) is 32.2 Å². The van der Waals surface area contributed by atoms with Crippen LogP contribution in [0, 0.1) is 16.0 Å². The van der Waals surface area contributed by atoms with Gasteiger partial charge in [-0.15, -0.1) is 0 Å². The standard InChI is InChI=1S/C22H29N3O8/c1-3-32-21(27)16-6-8-24(9-7-16)20(26)15(2)33-22(28)17-4-5-18(19(14-17)25(29)30)23-10-12-31-13-11-23/h4-5,14-16H,3,6-13H2,1-2H3. The van der Waals surface area contributed by atoms with Crippen molar-refractivity contribution in [3.05, 3.63) is 33.9 Å². The summed E-state index contributed by atoms with van der Waals surface area (Å²) in [6.45, 7) is 6.23. The number of rotatable bonds is 7. The van der Waals surface area contributed by atoms with E-state index in [0.29, 0.717) is 64.5 Å². The van der Waals surface area contributed by atoms with Crippen molar-refractivity contribution in [1.82, 2.24) is 4.90 Å². The Morgan fingerprint density at radius 1 is 1.18 bits per heavy atom. The van der Waals surface area contributed by atoms with Crippen molar-refractivity contribution in [3.63, 3.8) is 0 Å². The predicted octanol–water partition coefficient (Wildman–Crippen LogP) is 1.78. The zero-order valence-electron chi connectivity index (χ0n) is 18.9. The van der Waals surface area contributed by atoms with Crippen LogP contribution in [0.4, 0.5) is 11.4 Å². The number of ether oxygens (including phenoxy) is 3. The number of carbonyl (C=O) groups excluding carboxylic acids is 3. The molecule has 1 aromatic carbocycles. The molecule has 2 aliphatic heterocycles. The minimum atomic E-state index is -1.06. The molecule has 3 rings (SSSR count). The maximum atomic E-state index is 12.7. The van der Waals surface area contributed by atoms with E-state index in [1.165, 1.54) is 25.1 Å². The van der Waals surface area contributed by atoms with Crippen LogP contribution in [-0.4, -0.2) is 79.8 Å². The molecule has 1 unspecified atom stereocenters. The largest absolute Gasteiger partial charge is 0.466 e. The Kier molecular flexibility index (Phi) is 8.21. The van der Waals surface area contributed by atoms with E-state index < -0.39 is 17.0 Å². The van der Waals surface area contributed by atoms with E-state index in [9.17, 15) is 24.5 Å². The molecule has 1 amide bonds. The van der Waals surface area contributed by atoms with Gasteiger partial charge in [0.1, 0.15) is 5.69 Å². The van der Waals surface area contributed by atoms with Crippen LogP contribution in [-0.2, 0) is 23.8 Å². The van der Waals surface area contributed by atoms with Gasteiger partial charge in [-0.3, -0.25) is 19.7 Å². The summed E-state index contributed by atoms with van der Waals surface area (Å²) in [5.41, 5.74) is 0.208. The maximum Gasteiger partial charge on any atom is 0.339 e. The third-order valence-corrected chi connectivity index (χ3v) is 5.82. The van der Waals surface area contributed by atoms with E-state index in [1.54, 1.807) is 11.8 Å². The van der Waals surface area contributed by atoms with E-state index in [2.05, 4.69) is 0 Å². The van der Waals surface area contributed by atoms with Gasteiger partial charge < -0.3 is 24.0 Å². The fourth-order valence-electron chi connectivity index (χ4n) is 4.00. The molecule has 0 aliphatic carbocycles. The summed E-state index contributed by atoms with van der Waals surface area (Å²) in [5.74, 6) is -1.68. The first kappa shape index (κ1) is 24.4. The molecule has 0 bridgehead atoms. The van der Waals surface area contributed by atoms with E-state index in [4.69, 9.17) is 14.2 Å². The van der Waals surface area contributed by atoms with Gasteiger partial charge in [-0.05, 0) is 38.8 Å². The first-order chi connectivity index (χ1) is 15.8. The molecule has 1 aromatic rings. The molecule has 2 heterocycles. The average Bonchev–Trinajstić information content (AvgIpc) is 2.83. The van der Waals surface area contributed by atoms with Crippen molar-refractivity contribution in [2.24, 2.45) is 5.92 Å². The molecule has 0 saturated carbocycles. The molecule has 11 nitrogen and oxygen atoms in total. The number of hydrogen-bond donors (Lipinski definition) is 0. The normalized spacial score (nSPS) is 17.9. The molecule has 33 heavy (non-hydrogen) atoms. The number of amides is 1. The molecule has 11 heteroatoms. The lowest BCUT2D eigenvalue weighted by molar-refractivity contribution is -0.384. The minimum Gasteiger partial charge on any atom is -0.466 e. The Balaban J connectivity index is 1.61. The zero-order valence-corrected chi connectivity index (χ0v) is 18.9. The van der Waals surface area contributed by atoms with Gasteiger partial charge in [0.25, 0.3) is 11.6 Å². The number of anilines is 1. The Hall–Kier alpha value is -3.21. The quantitative estimate of drug-likeness (QED) is 0.337. The van der Waals surface area contributed by atoms with Gasteiger partial charge in [-0.25, -0.2) is 4.79 Å². The van der Waals surface area contributed by atoms with E-state index in [-0.39, 0.29) is 29.0 Å². The third-order valence-electron chi connectivity index (χ3n) is 5.82. The number of esters is 2. The Labute approximate surface area is 191 Å². The average molecular weight is 463 g/mol. The van der Waals surface area contributed by atoms with Crippen molar-refractivity contribution < 1.29 is 33.5 Å². The first-order valence-electron chi connectivity index (χ1n) is 11.1. The van der Waals surface area contributed by atoms with Crippen molar-refractivity contribution in [2.45, 2.75) is 32.8 Å². The predicted molar refractivity (Wildman–Crippen MR) is 117 cm³/mol.